The Morgan fingerprint density at radius 1 is 1.18 bits per heavy atom. The molecule has 0 aliphatic carbocycles. The molecule has 2 aromatic rings. The predicted molar refractivity (Wildman–Crippen MR) is 107 cm³/mol. The van der Waals surface area contributed by atoms with Crippen molar-refractivity contribution in [1.82, 2.24) is 0 Å². The van der Waals surface area contributed by atoms with Crippen molar-refractivity contribution in [1.29, 1.82) is 0 Å². The summed E-state index contributed by atoms with van der Waals surface area (Å²) in [5.41, 5.74) is 7.14. The van der Waals surface area contributed by atoms with Crippen molar-refractivity contribution in [2.24, 2.45) is 10.7 Å². The fourth-order valence-electron chi connectivity index (χ4n) is 2.45. The summed E-state index contributed by atoms with van der Waals surface area (Å²) in [4.78, 5) is 26.1. The first-order valence-corrected chi connectivity index (χ1v) is 9.19. The molecule has 0 fully saturated rings. The normalized spacial score (nSPS) is 14.8. The van der Waals surface area contributed by atoms with Crippen LogP contribution in [0.4, 0.5) is 5.69 Å². The zero-order valence-corrected chi connectivity index (χ0v) is 15.8. The van der Waals surface area contributed by atoms with Crippen molar-refractivity contribution in [2.75, 3.05) is 6.61 Å². The van der Waals surface area contributed by atoms with E-state index < -0.39 is 4.92 Å². The minimum absolute atomic E-state index is 0.0279. The average molecular weight is 399 g/mol. The van der Waals surface area contributed by atoms with Gasteiger partial charge < -0.3 is 15.2 Å². The number of nitro benzene ring substituents is 1. The summed E-state index contributed by atoms with van der Waals surface area (Å²) in [5.74, 6) is 0.700. The monoisotopic (exact) mass is 399 g/mol. The number of thioether (sulfide) groups is 1. The molecule has 0 spiro atoms. The smallest absolute Gasteiger partial charge is 0.286 e. The molecule has 0 unspecified atom stereocenters. The van der Waals surface area contributed by atoms with E-state index in [1.165, 1.54) is 12.1 Å². The van der Waals surface area contributed by atoms with E-state index in [1.54, 1.807) is 36.4 Å². The molecule has 0 saturated heterocycles. The molecular formula is C19H17N3O5S. The lowest BCUT2D eigenvalue weighted by Crippen LogP contribution is -2.01. The second kappa shape index (κ2) is 8.57. The number of amides is 1. The fraction of sp³-hybridized carbons (Fsp3) is 0.158. The third kappa shape index (κ3) is 4.68. The summed E-state index contributed by atoms with van der Waals surface area (Å²) in [6, 6.07) is 11.5. The molecule has 0 atom stereocenters. The first-order chi connectivity index (χ1) is 13.5. The van der Waals surface area contributed by atoms with Crippen LogP contribution in [0.25, 0.3) is 6.08 Å². The number of rotatable bonds is 7. The van der Waals surface area contributed by atoms with E-state index >= 15 is 0 Å². The van der Waals surface area contributed by atoms with Gasteiger partial charge in [-0.25, -0.2) is 0 Å². The van der Waals surface area contributed by atoms with Crippen molar-refractivity contribution >= 4 is 34.6 Å². The highest BCUT2D eigenvalue weighted by molar-refractivity contribution is 8.18. The number of nitro groups is 1. The number of carbonyl (C=O) groups is 1. The van der Waals surface area contributed by atoms with E-state index in [0.29, 0.717) is 23.0 Å². The van der Waals surface area contributed by atoms with Gasteiger partial charge in [0.2, 0.25) is 0 Å². The van der Waals surface area contributed by atoms with Crippen molar-refractivity contribution < 1.29 is 19.2 Å². The Morgan fingerprint density at radius 3 is 2.54 bits per heavy atom. The van der Waals surface area contributed by atoms with Gasteiger partial charge >= 0.3 is 0 Å². The Morgan fingerprint density at radius 2 is 1.93 bits per heavy atom. The fourth-order valence-corrected chi connectivity index (χ4v) is 3.14. The highest BCUT2D eigenvalue weighted by Gasteiger charge is 2.19. The quantitative estimate of drug-likeness (QED) is 0.430. The van der Waals surface area contributed by atoms with Crippen LogP contribution in [0, 0.1) is 10.1 Å². The number of non-ortho nitro benzene ring substituents is 1. The summed E-state index contributed by atoms with van der Waals surface area (Å²) in [6.45, 7) is 2.53. The topological polar surface area (TPSA) is 117 Å². The Kier molecular flexibility index (Phi) is 5.95. The van der Waals surface area contributed by atoms with Crippen LogP contribution in [0.2, 0.25) is 0 Å². The maximum Gasteiger partial charge on any atom is 0.286 e. The van der Waals surface area contributed by atoms with Gasteiger partial charge in [-0.3, -0.25) is 14.9 Å². The van der Waals surface area contributed by atoms with Crippen LogP contribution in [0.1, 0.15) is 18.1 Å². The Hall–Kier alpha value is -3.33. The summed E-state index contributed by atoms with van der Waals surface area (Å²) in [5, 5.41) is 10.9. The Labute approximate surface area is 165 Å². The number of aliphatic imine (C=N–C) groups is 1. The average Bonchev–Trinajstić information content (AvgIpc) is 2.98. The maximum absolute atomic E-state index is 11.7. The number of hydrogen-bond acceptors (Lipinski definition) is 7. The van der Waals surface area contributed by atoms with Gasteiger partial charge in [0.05, 0.1) is 16.4 Å². The third-order valence-corrected chi connectivity index (χ3v) is 4.56. The summed E-state index contributed by atoms with van der Waals surface area (Å²) in [6.07, 6.45) is 1.69. The van der Waals surface area contributed by atoms with Crippen molar-refractivity contribution in [2.45, 2.75) is 13.5 Å². The standard InChI is InChI=1S/C19H17N3O5S/c1-2-26-16-9-13(10-17-18(23)21-19(20)28-17)5-8-15(16)27-11-12-3-6-14(7-4-12)22(24)25/h3-10H,2,11H2,1H3,(H2,20,21,23)/b17-10+. The van der Waals surface area contributed by atoms with E-state index in [-0.39, 0.29) is 23.4 Å². The molecule has 9 heteroatoms. The molecule has 2 N–H and O–H groups in total. The molecule has 1 heterocycles. The van der Waals surface area contributed by atoms with Gasteiger partial charge in [-0.1, -0.05) is 6.07 Å². The Bertz CT molecular complexity index is 970. The van der Waals surface area contributed by atoms with E-state index in [4.69, 9.17) is 15.2 Å². The molecular weight excluding hydrogens is 382 g/mol. The molecule has 2 aromatic carbocycles. The third-order valence-electron chi connectivity index (χ3n) is 3.74. The second-order valence-electron chi connectivity index (χ2n) is 5.72. The molecule has 3 rings (SSSR count). The first kappa shape index (κ1) is 19.4. The number of benzene rings is 2. The number of amidine groups is 1. The van der Waals surface area contributed by atoms with Crippen LogP contribution < -0.4 is 15.2 Å². The second-order valence-corrected chi connectivity index (χ2v) is 6.78. The van der Waals surface area contributed by atoms with Gasteiger partial charge in [-0.2, -0.15) is 4.99 Å². The van der Waals surface area contributed by atoms with Crippen LogP contribution in [0.3, 0.4) is 0 Å². The van der Waals surface area contributed by atoms with Crippen LogP contribution in [0.15, 0.2) is 52.4 Å². The molecule has 8 nitrogen and oxygen atoms in total. The van der Waals surface area contributed by atoms with Gasteiger partial charge in [-0.15, -0.1) is 0 Å². The van der Waals surface area contributed by atoms with Crippen molar-refractivity contribution in [3.05, 3.63) is 68.6 Å². The predicted octanol–water partition coefficient (Wildman–Crippen LogP) is 3.50. The van der Waals surface area contributed by atoms with Gasteiger partial charge in [0, 0.05) is 12.1 Å². The van der Waals surface area contributed by atoms with E-state index in [9.17, 15) is 14.9 Å². The summed E-state index contributed by atoms with van der Waals surface area (Å²) < 4.78 is 11.4. The van der Waals surface area contributed by atoms with Crippen LogP contribution in [-0.4, -0.2) is 22.6 Å². The number of nitrogens with two attached hydrogens (primary N) is 1. The molecule has 28 heavy (non-hydrogen) atoms. The minimum Gasteiger partial charge on any atom is -0.490 e. The molecule has 0 radical (unpaired) electrons. The number of ether oxygens (including phenoxy) is 2. The zero-order valence-electron chi connectivity index (χ0n) is 15.0. The molecule has 0 bridgehead atoms. The van der Waals surface area contributed by atoms with Gasteiger partial charge in [0.1, 0.15) is 6.61 Å². The molecule has 1 aliphatic heterocycles. The molecule has 0 saturated carbocycles. The van der Waals surface area contributed by atoms with Gasteiger partial charge in [0.25, 0.3) is 11.6 Å². The van der Waals surface area contributed by atoms with Crippen LogP contribution in [-0.2, 0) is 11.4 Å². The largest absolute Gasteiger partial charge is 0.490 e. The number of nitrogens with zero attached hydrogens (tertiary/aromatic N) is 2. The van der Waals surface area contributed by atoms with E-state index in [0.717, 1.165) is 22.9 Å². The van der Waals surface area contributed by atoms with E-state index in [2.05, 4.69) is 4.99 Å². The lowest BCUT2D eigenvalue weighted by atomic mass is 10.1. The molecule has 1 aliphatic rings. The Balaban J connectivity index is 1.75. The van der Waals surface area contributed by atoms with Crippen LogP contribution in [0.5, 0.6) is 11.5 Å². The summed E-state index contributed by atoms with van der Waals surface area (Å²) in [7, 11) is 0. The van der Waals surface area contributed by atoms with Gasteiger partial charge in [-0.05, 0) is 60.2 Å². The minimum atomic E-state index is -0.447. The zero-order chi connectivity index (χ0) is 20.1. The maximum atomic E-state index is 11.7. The van der Waals surface area contributed by atoms with Crippen molar-refractivity contribution in [3.8, 4) is 11.5 Å². The van der Waals surface area contributed by atoms with E-state index in [1.807, 2.05) is 6.92 Å². The lowest BCUT2D eigenvalue weighted by molar-refractivity contribution is -0.384. The SMILES string of the molecule is CCOc1cc(/C=C2/SC(N)=NC2=O)ccc1OCc1ccc([N+](=O)[O-])cc1. The lowest BCUT2D eigenvalue weighted by Gasteiger charge is -2.13. The number of carbonyl (C=O) groups excluding carboxylic acids is 1. The summed E-state index contributed by atoms with van der Waals surface area (Å²) >= 11 is 1.12. The van der Waals surface area contributed by atoms with Crippen LogP contribution >= 0.6 is 11.8 Å². The highest BCUT2D eigenvalue weighted by atomic mass is 32.2. The molecule has 1 amide bonds. The first-order valence-electron chi connectivity index (χ1n) is 8.37. The molecule has 0 aromatic heterocycles. The molecule has 144 valence electrons. The van der Waals surface area contributed by atoms with Gasteiger partial charge in [0.15, 0.2) is 16.7 Å². The van der Waals surface area contributed by atoms with Crippen molar-refractivity contribution in [3.63, 3.8) is 0 Å². The number of hydrogen-bond donors (Lipinski definition) is 1. The highest BCUT2D eigenvalue weighted by Crippen LogP contribution is 2.32.